The first-order valence-corrected chi connectivity index (χ1v) is 5.25. The van der Waals surface area contributed by atoms with Crippen LogP contribution in [0.4, 0.5) is 0 Å². The van der Waals surface area contributed by atoms with E-state index in [9.17, 15) is 0 Å². The highest BCUT2D eigenvalue weighted by molar-refractivity contribution is 5.23. The Kier molecular flexibility index (Phi) is 2.34. The normalized spacial score (nSPS) is 16.2. The molecule has 1 aromatic heterocycles. The van der Waals surface area contributed by atoms with Gasteiger partial charge >= 0.3 is 0 Å². The van der Waals surface area contributed by atoms with Crippen molar-refractivity contribution in [1.29, 1.82) is 0 Å². The van der Waals surface area contributed by atoms with E-state index in [2.05, 4.69) is 31.0 Å². The van der Waals surface area contributed by atoms with Crippen LogP contribution >= 0.6 is 0 Å². The molecule has 1 aliphatic rings. The van der Waals surface area contributed by atoms with Gasteiger partial charge < -0.3 is 0 Å². The van der Waals surface area contributed by atoms with Gasteiger partial charge in [-0.1, -0.05) is 13.0 Å². The lowest BCUT2D eigenvalue weighted by Crippen LogP contribution is -1.99. The van der Waals surface area contributed by atoms with E-state index in [1.54, 1.807) is 0 Å². The van der Waals surface area contributed by atoms with Crippen molar-refractivity contribution in [2.24, 2.45) is 5.92 Å². The lowest BCUT2D eigenvalue weighted by Gasteiger charge is -2.06. The lowest BCUT2D eigenvalue weighted by molar-refractivity contribution is 0.783. The predicted molar refractivity (Wildman–Crippen MR) is 54.8 cm³/mol. The van der Waals surface area contributed by atoms with E-state index in [0.29, 0.717) is 0 Å². The summed E-state index contributed by atoms with van der Waals surface area (Å²) in [6.45, 7) is 4.29. The van der Waals surface area contributed by atoms with Gasteiger partial charge in [0, 0.05) is 11.4 Å². The first-order chi connectivity index (χ1) is 6.29. The predicted octanol–water partition coefficient (Wildman–Crippen LogP) is 2.90. The third-order valence-electron chi connectivity index (χ3n) is 2.77. The summed E-state index contributed by atoms with van der Waals surface area (Å²) in [7, 11) is 0. The van der Waals surface area contributed by atoms with Crippen LogP contribution in [0.1, 0.15) is 36.7 Å². The Labute approximate surface area is 80.2 Å². The van der Waals surface area contributed by atoms with Crippen LogP contribution < -0.4 is 0 Å². The Bertz CT molecular complexity index is 300. The van der Waals surface area contributed by atoms with Crippen molar-refractivity contribution in [3.8, 4) is 0 Å². The van der Waals surface area contributed by atoms with Crippen molar-refractivity contribution in [1.82, 2.24) is 4.98 Å². The van der Waals surface area contributed by atoms with E-state index < -0.39 is 0 Å². The Morgan fingerprint density at radius 2 is 2.15 bits per heavy atom. The van der Waals surface area contributed by atoms with Crippen molar-refractivity contribution < 1.29 is 0 Å². The fraction of sp³-hybridized carbons (Fsp3) is 0.583. The first kappa shape index (κ1) is 8.74. The minimum absolute atomic E-state index is 0.944. The molecule has 0 bridgehead atoms. The molecule has 0 aliphatic heterocycles. The number of hydrogen-bond acceptors (Lipinski definition) is 1. The van der Waals surface area contributed by atoms with E-state index in [-0.39, 0.29) is 0 Å². The molecule has 1 aromatic rings. The topological polar surface area (TPSA) is 12.9 Å². The molecule has 0 atom stereocenters. The number of aryl methyl sites for hydroxylation is 2. The van der Waals surface area contributed by atoms with Crippen molar-refractivity contribution in [2.75, 3.05) is 0 Å². The van der Waals surface area contributed by atoms with Crippen LogP contribution in [0.2, 0.25) is 0 Å². The molecular weight excluding hydrogens is 158 g/mol. The van der Waals surface area contributed by atoms with Crippen molar-refractivity contribution >= 4 is 0 Å². The fourth-order valence-corrected chi connectivity index (χ4v) is 1.73. The Morgan fingerprint density at radius 1 is 1.38 bits per heavy atom. The van der Waals surface area contributed by atoms with E-state index in [0.717, 1.165) is 18.0 Å². The number of hydrogen-bond donors (Lipinski definition) is 0. The average molecular weight is 175 g/mol. The van der Waals surface area contributed by atoms with Gasteiger partial charge in [0.05, 0.1) is 0 Å². The minimum Gasteiger partial charge on any atom is -0.258 e. The molecule has 0 spiro atoms. The highest BCUT2D eigenvalue weighted by atomic mass is 14.7. The maximum Gasteiger partial charge on any atom is 0.0441 e. The third-order valence-corrected chi connectivity index (χ3v) is 2.77. The average Bonchev–Trinajstić information content (AvgIpc) is 2.89. The summed E-state index contributed by atoms with van der Waals surface area (Å²) < 4.78 is 0. The van der Waals surface area contributed by atoms with Gasteiger partial charge in [0.25, 0.3) is 0 Å². The highest BCUT2D eigenvalue weighted by Gasteiger charge is 2.23. The second-order valence-corrected chi connectivity index (χ2v) is 4.06. The molecular formula is C12H17N. The first-order valence-electron chi connectivity index (χ1n) is 5.25. The van der Waals surface area contributed by atoms with Crippen molar-refractivity contribution in [2.45, 2.75) is 39.5 Å². The molecule has 0 aromatic carbocycles. The van der Waals surface area contributed by atoms with E-state index >= 15 is 0 Å². The summed E-state index contributed by atoms with van der Waals surface area (Å²) in [6, 6.07) is 4.36. The Morgan fingerprint density at radius 3 is 2.77 bits per heavy atom. The van der Waals surface area contributed by atoms with Crippen LogP contribution in [0.3, 0.4) is 0 Å². The molecule has 1 heteroatoms. The van der Waals surface area contributed by atoms with Crippen molar-refractivity contribution in [3.05, 3.63) is 29.1 Å². The van der Waals surface area contributed by atoms with Gasteiger partial charge in [0.1, 0.15) is 0 Å². The Balaban J connectivity index is 2.22. The summed E-state index contributed by atoms with van der Waals surface area (Å²) in [5.74, 6) is 0.944. The van der Waals surface area contributed by atoms with Gasteiger partial charge in [-0.3, -0.25) is 4.98 Å². The van der Waals surface area contributed by atoms with Gasteiger partial charge in [-0.15, -0.1) is 0 Å². The molecule has 0 unspecified atom stereocenters. The second kappa shape index (κ2) is 3.49. The smallest absolute Gasteiger partial charge is 0.0441 e. The summed E-state index contributed by atoms with van der Waals surface area (Å²) in [5.41, 5.74) is 3.95. The van der Waals surface area contributed by atoms with Gasteiger partial charge in [0.15, 0.2) is 0 Å². The SMILES string of the molecule is CCc1ccc(C)nc1CC1CC1. The lowest BCUT2D eigenvalue weighted by atomic mass is 10.1. The van der Waals surface area contributed by atoms with Crippen LogP contribution in [0.25, 0.3) is 0 Å². The molecule has 1 saturated carbocycles. The molecule has 1 fully saturated rings. The second-order valence-electron chi connectivity index (χ2n) is 4.06. The number of nitrogens with zero attached hydrogens (tertiary/aromatic N) is 1. The van der Waals surface area contributed by atoms with Gasteiger partial charge in [0.2, 0.25) is 0 Å². The van der Waals surface area contributed by atoms with Gasteiger partial charge in [-0.05, 0) is 50.2 Å². The maximum absolute atomic E-state index is 4.62. The molecule has 1 heterocycles. The zero-order valence-electron chi connectivity index (χ0n) is 8.51. The molecule has 0 N–H and O–H groups in total. The van der Waals surface area contributed by atoms with Gasteiger partial charge in [-0.2, -0.15) is 0 Å². The molecule has 0 saturated heterocycles. The van der Waals surface area contributed by atoms with Crippen LogP contribution in [-0.4, -0.2) is 4.98 Å². The van der Waals surface area contributed by atoms with E-state index in [1.165, 1.54) is 30.5 Å². The number of aromatic nitrogens is 1. The summed E-state index contributed by atoms with van der Waals surface area (Å²) in [5, 5.41) is 0. The fourth-order valence-electron chi connectivity index (χ4n) is 1.73. The molecule has 70 valence electrons. The highest BCUT2D eigenvalue weighted by Crippen LogP contribution is 2.32. The molecule has 0 radical (unpaired) electrons. The summed E-state index contributed by atoms with van der Waals surface area (Å²) >= 11 is 0. The largest absolute Gasteiger partial charge is 0.258 e. The minimum atomic E-state index is 0.944. The monoisotopic (exact) mass is 175 g/mol. The van der Waals surface area contributed by atoms with E-state index in [1.807, 2.05) is 0 Å². The third kappa shape index (κ3) is 2.09. The Hall–Kier alpha value is -0.850. The molecule has 13 heavy (non-hydrogen) atoms. The van der Waals surface area contributed by atoms with Crippen LogP contribution in [0.5, 0.6) is 0 Å². The number of rotatable bonds is 3. The summed E-state index contributed by atoms with van der Waals surface area (Å²) in [4.78, 5) is 4.62. The van der Waals surface area contributed by atoms with Crippen LogP contribution in [0.15, 0.2) is 12.1 Å². The number of pyridine rings is 1. The quantitative estimate of drug-likeness (QED) is 0.688. The van der Waals surface area contributed by atoms with Gasteiger partial charge in [-0.25, -0.2) is 0 Å². The zero-order chi connectivity index (χ0) is 9.26. The molecule has 1 aliphatic carbocycles. The molecule has 0 amide bonds. The van der Waals surface area contributed by atoms with Crippen LogP contribution in [-0.2, 0) is 12.8 Å². The standard InChI is InChI=1S/C12H17N/c1-3-11-7-4-9(2)13-12(11)8-10-5-6-10/h4,7,10H,3,5-6,8H2,1-2H3. The summed E-state index contributed by atoms with van der Waals surface area (Å²) in [6.07, 6.45) is 5.16. The zero-order valence-corrected chi connectivity index (χ0v) is 8.51. The van der Waals surface area contributed by atoms with Crippen molar-refractivity contribution in [3.63, 3.8) is 0 Å². The maximum atomic E-state index is 4.62. The molecule has 1 nitrogen and oxygen atoms in total. The molecule has 2 rings (SSSR count). The van der Waals surface area contributed by atoms with E-state index in [4.69, 9.17) is 0 Å². The van der Waals surface area contributed by atoms with Crippen LogP contribution in [0, 0.1) is 12.8 Å².